The van der Waals surface area contributed by atoms with E-state index >= 15 is 0 Å². The van der Waals surface area contributed by atoms with Crippen LogP contribution in [0.15, 0.2) is 48.5 Å². The molecule has 0 spiro atoms. The molecule has 1 saturated heterocycles. The van der Waals surface area contributed by atoms with Gasteiger partial charge in [0.25, 0.3) is 0 Å². The van der Waals surface area contributed by atoms with E-state index in [0.29, 0.717) is 23.6 Å². The summed E-state index contributed by atoms with van der Waals surface area (Å²) < 4.78 is 6.05. The van der Waals surface area contributed by atoms with Gasteiger partial charge in [-0.15, -0.1) is 0 Å². The van der Waals surface area contributed by atoms with Gasteiger partial charge in [-0.3, -0.25) is 0 Å². The van der Waals surface area contributed by atoms with Gasteiger partial charge in [0.2, 0.25) is 5.95 Å². The summed E-state index contributed by atoms with van der Waals surface area (Å²) in [4.78, 5) is 8.84. The number of aromatic hydroxyl groups is 1. The number of ether oxygens (including phenoxy) is 1. The summed E-state index contributed by atoms with van der Waals surface area (Å²) >= 11 is 0. The van der Waals surface area contributed by atoms with Crippen LogP contribution in [0.25, 0.3) is 11.3 Å². The third-order valence-electron chi connectivity index (χ3n) is 5.25. The SMILES string of the molecule is Cc1ccc(COc2cccc(O)c2-c2cc(C3CCCNC3)nc(N)n2)cc1. The Hall–Kier alpha value is -3.12. The van der Waals surface area contributed by atoms with E-state index in [1.54, 1.807) is 12.1 Å². The number of nitrogens with one attached hydrogen (secondary N) is 1. The van der Waals surface area contributed by atoms with Gasteiger partial charge >= 0.3 is 0 Å². The summed E-state index contributed by atoms with van der Waals surface area (Å²) in [6.07, 6.45) is 2.16. The van der Waals surface area contributed by atoms with Crippen LogP contribution in [0.3, 0.4) is 0 Å². The molecule has 29 heavy (non-hydrogen) atoms. The number of phenolic OH excluding ortho intramolecular Hbond substituents is 1. The molecule has 1 aliphatic rings. The van der Waals surface area contributed by atoms with Crippen molar-refractivity contribution in [3.05, 3.63) is 65.4 Å². The molecule has 0 bridgehead atoms. The highest BCUT2D eigenvalue weighted by Gasteiger charge is 2.21. The van der Waals surface area contributed by atoms with E-state index in [-0.39, 0.29) is 17.6 Å². The molecule has 1 fully saturated rings. The van der Waals surface area contributed by atoms with Crippen molar-refractivity contribution in [2.75, 3.05) is 18.8 Å². The van der Waals surface area contributed by atoms with Gasteiger partial charge in [-0.2, -0.15) is 0 Å². The first-order valence-electron chi connectivity index (χ1n) is 9.96. The Morgan fingerprint density at radius 3 is 2.76 bits per heavy atom. The van der Waals surface area contributed by atoms with E-state index in [2.05, 4.69) is 34.3 Å². The lowest BCUT2D eigenvalue weighted by Crippen LogP contribution is -2.29. The predicted octanol–water partition coefficient (Wildman–Crippen LogP) is 3.79. The summed E-state index contributed by atoms with van der Waals surface area (Å²) in [6, 6.07) is 15.3. The molecule has 4 N–H and O–H groups in total. The second-order valence-electron chi connectivity index (χ2n) is 7.50. The predicted molar refractivity (Wildman–Crippen MR) is 114 cm³/mol. The Bertz CT molecular complexity index is 983. The molecule has 6 heteroatoms. The minimum atomic E-state index is 0.109. The maximum absolute atomic E-state index is 10.6. The summed E-state index contributed by atoms with van der Waals surface area (Å²) in [5, 5.41) is 14.0. The third kappa shape index (κ3) is 4.49. The molecule has 1 aliphatic heterocycles. The van der Waals surface area contributed by atoms with Crippen molar-refractivity contribution in [3.8, 4) is 22.8 Å². The zero-order valence-electron chi connectivity index (χ0n) is 16.6. The Morgan fingerprint density at radius 1 is 1.17 bits per heavy atom. The van der Waals surface area contributed by atoms with Crippen LogP contribution in [0.5, 0.6) is 11.5 Å². The average Bonchev–Trinajstić information content (AvgIpc) is 2.73. The summed E-state index contributed by atoms with van der Waals surface area (Å²) in [6.45, 7) is 4.35. The molecule has 0 aliphatic carbocycles. The van der Waals surface area contributed by atoms with E-state index < -0.39 is 0 Å². The van der Waals surface area contributed by atoms with Crippen LogP contribution in [-0.2, 0) is 6.61 Å². The first kappa shape index (κ1) is 19.2. The number of benzene rings is 2. The topological polar surface area (TPSA) is 93.3 Å². The lowest BCUT2D eigenvalue weighted by molar-refractivity contribution is 0.306. The van der Waals surface area contributed by atoms with Crippen molar-refractivity contribution in [3.63, 3.8) is 0 Å². The van der Waals surface area contributed by atoms with E-state index in [1.165, 1.54) is 5.56 Å². The largest absolute Gasteiger partial charge is 0.507 e. The fraction of sp³-hybridized carbons (Fsp3) is 0.304. The molecule has 0 amide bonds. The average molecular weight is 390 g/mol. The highest BCUT2D eigenvalue weighted by atomic mass is 16.5. The van der Waals surface area contributed by atoms with E-state index in [4.69, 9.17) is 10.5 Å². The van der Waals surface area contributed by atoms with Crippen molar-refractivity contribution in [2.45, 2.75) is 32.3 Å². The Morgan fingerprint density at radius 2 is 2.00 bits per heavy atom. The molecule has 1 atom stereocenters. The number of anilines is 1. The highest BCUT2D eigenvalue weighted by molar-refractivity contribution is 5.74. The molecule has 6 nitrogen and oxygen atoms in total. The Labute approximate surface area is 170 Å². The molecule has 0 saturated carbocycles. The van der Waals surface area contributed by atoms with Crippen LogP contribution >= 0.6 is 0 Å². The summed E-state index contributed by atoms with van der Waals surface area (Å²) in [7, 11) is 0. The number of nitrogens with zero attached hydrogens (tertiary/aromatic N) is 2. The number of nitrogens with two attached hydrogens (primary N) is 1. The van der Waals surface area contributed by atoms with Gasteiger partial charge in [-0.25, -0.2) is 9.97 Å². The first-order valence-corrected chi connectivity index (χ1v) is 9.96. The van der Waals surface area contributed by atoms with Crippen molar-refractivity contribution >= 4 is 5.95 Å². The van der Waals surface area contributed by atoms with Gasteiger partial charge in [0, 0.05) is 12.5 Å². The van der Waals surface area contributed by atoms with Gasteiger partial charge in [0.05, 0.1) is 17.0 Å². The Balaban J connectivity index is 1.65. The van der Waals surface area contributed by atoms with Crippen LogP contribution < -0.4 is 15.8 Å². The second-order valence-corrected chi connectivity index (χ2v) is 7.50. The van der Waals surface area contributed by atoms with Crippen molar-refractivity contribution < 1.29 is 9.84 Å². The zero-order valence-corrected chi connectivity index (χ0v) is 16.6. The molecule has 2 heterocycles. The normalized spacial score (nSPS) is 16.5. The minimum Gasteiger partial charge on any atom is -0.507 e. The quantitative estimate of drug-likeness (QED) is 0.614. The van der Waals surface area contributed by atoms with Gasteiger partial charge in [-0.05, 0) is 50.1 Å². The van der Waals surface area contributed by atoms with E-state index in [9.17, 15) is 5.11 Å². The van der Waals surface area contributed by atoms with Crippen LogP contribution in [0.1, 0.15) is 35.6 Å². The lowest BCUT2D eigenvalue weighted by Gasteiger charge is -2.23. The first-order chi connectivity index (χ1) is 14.1. The molecule has 1 aromatic heterocycles. The van der Waals surface area contributed by atoms with Crippen molar-refractivity contribution in [1.82, 2.24) is 15.3 Å². The zero-order chi connectivity index (χ0) is 20.2. The highest BCUT2D eigenvalue weighted by Crippen LogP contribution is 2.38. The number of aryl methyl sites for hydroxylation is 1. The third-order valence-corrected chi connectivity index (χ3v) is 5.25. The summed E-state index contributed by atoms with van der Waals surface area (Å²) in [5.74, 6) is 1.17. The van der Waals surface area contributed by atoms with Crippen LogP contribution in [0.4, 0.5) is 5.95 Å². The molecule has 150 valence electrons. The van der Waals surface area contributed by atoms with Gasteiger partial charge in [0.1, 0.15) is 18.1 Å². The molecule has 1 unspecified atom stereocenters. The number of piperidine rings is 1. The van der Waals surface area contributed by atoms with E-state index in [1.807, 2.05) is 24.3 Å². The molecule has 2 aromatic carbocycles. The maximum atomic E-state index is 10.6. The van der Waals surface area contributed by atoms with Crippen molar-refractivity contribution in [1.29, 1.82) is 0 Å². The van der Waals surface area contributed by atoms with Gasteiger partial charge < -0.3 is 20.9 Å². The fourth-order valence-corrected chi connectivity index (χ4v) is 3.67. The number of hydrogen-bond acceptors (Lipinski definition) is 6. The smallest absolute Gasteiger partial charge is 0.220 e. The lowest BCUT2D eigenvalue weighted by atomic mass is 9.94. The maximum Gasteiger partial charge on any atom is 0.220 e. The number of rotatable bonds is 5. The molecule has 0 radical (unpaired) electrons. The fourth-order valence-electron chi connectivity index (χ4n) is 3.67. The monoisotopic (exact) mass is 390 g/mol. The van der Waals surface area contributed by atoms with Crippen molar-refractivity contribution in [2.24, 2.45) is 0 Å². The van der Waals surface area contributed by atoms with E-state index in [0.717, 1.165) is 37.2 Å². The second kappa shape index (κ2) is 8.49. The van der Waals surface area contributed by atoms with Crippen LogP contribution in [0, 0.1) is 6.92 Å². The van der Waals surface area contributed by atoms with Gasteiger partial charge in [-0.1, -0.05) is 35.9 Å². The number of aromatic nitrogens is 2. The minimum absolute atomic E-state index is 0.109. The molecular weight excluding hydrogens is 364 g/mol. The summed E-state index contributed by atoms with van der Waals surface area (Å²) in [5.41, 5.74) is 10.3. The van der Waals surface area contributed by atoms with Crippen LogP contribution in [-0.4, -0.2) is 28.2 Å². The molecular formula is C23H26N4O2. The number of hydrogen-bond donors (Lipinski definition) is 3. The molecule has 3 aromatic rings. The number of nitrogen functional groups attached to an aromatic ring is 1. The van der Waals surface area contributed by atoms with Crippen LogP contribution in [0.2, 0.25) is 0 Å². The number of phenols is 1. The standard InChI is InChI=1S/C23H26N4O2/c1-15-7-9-16(10-8-15)14-29-21-6-2-5-20(28)22(21)19-12-18(26-23(24)27-19)17-4-3-11-25-13-17/h2,5-10,12,17,25,28H,3-4,11,13-14H2,1H3,(H2,24,26,27). The molecule has 4 rings (SSSR count). The Kier molecular flexibility index (Phi) is 5.62. The van der Waals surface area contributed by atoms with Gasteiger partial charge in [0.15, 0.2) is 0 Å².